The van der Waals surface area contributed by atoms with Gasteiger partial charge >= 0.3 is 0 Å². The number of hydrogen-bond acceptors (Lipinski definition) is 5. The predicted molar refractivity (Wildman–Crippen MR) is 114 cm³/mol. The third kappa shape index (κ3) is 3.76. The highest BCUT2D eigenvalue weighted by Gasteiger charge is 2.24. The smallest absolute Gasteiger partial charge is 0.254 e. The Morgan fingerprint density at radius 2 is 2.18 bits per heavy atom. The second-order valence-electron chi connectivity index (χ2n) is 6.56. The summed E-state index contributed by atoms with van der Waals surface area (Å²) < 4.78 is 0. The van der Waals surface area contributed by atoms with E-state index >= 15 is 0 Å². The summed E-state index contributed by atoms with van der Waals surface area (Å²) in [4.78, 5) is 33.4. The molecule has 0 aliphatic carbocycles. The highest BCUT2D eigenvalue weighted by atomic mass is 32.1. The van der Waals surface area contributed by atoms with Crippen LogP contribution in [0.25, 0.3) is 10.6 Å². The number of aryl methyl sites for hydroxylation is 1. The van der Waals surface area contributed by atoms with Gasteiger partial charge in [-0.1, -0.05) is 12.6 Å². The van der Waals surface area contributed by atoms with E-state index in [1.165, 1.54) is 16.5 Å². The highest BCUT2D eigenvalue weighted by Crippen LogP contribution is 2.35. The number of aromatic nitrogens is 1. The molecule has 0 bridgehead atoms. The fraction of sp³-hybridized carbons (Fsp3) is 0.190. The lowest BCUT2D eigenvalue weighted by Crippen LogP contribution is -2.35. The number of anilines is 1. The first-order valence-electron chi connectivity index (χ1n) is 8.90. The molecule has 1 aliphatic rings. The number of thiophene rings is 1. The van der Waals surface area contributed by atoms with Crippen molar-refractivity contribution in [3.05, 3.63) is 69.4 Å². The topological polar surface area (TPSA) is 62.3 Å². The SMILES string of the molecule is C=CC(=O)Nc1cccc(C(=O)N2CCc3sc(-c4csc(C)n4)cc3C2)c1. The van der Waals surface area contributed by atoms with E-state index in [0.29, 0.717) is 24.3 Å². The summed E-state index contributed by atoms with van der Waals surface area (Å²) in [5, 5.41) is 5.84. The molecule has 1 N–H and O–H groups in total. The molecule has 3 aromatic rings. The van der Waals surface area contributed by atoms with Crippen molar-refractivity contribution in [2.75, 3.05) is 11.9 Å². The molecule has 4 rings (SSSR count). The molecule has 0 atom stereocenters. The van der Waals surface area contributed by atoms with E-state index in [2.05, 4.69) is 28.3 Å². The number of carbonyl (C=O) groups excluding carboxylic acids is 2. The average Bonchev–Trinajstić information content (AvgIpc) is 3.32. The summed E-state index contributed by atoms with van der Waals surface area (Å²) in [6, 6.07) is 9.17. The van der Waals surface area contributed by atoms with Gasteiger partial charge in [0.05, 0.1) is 15.6 Å². The van der Waals surface area contributed by atoms with Gasteiger partial charge in [0.1, 0.15) is 0 Å². The van der Waals surface area contributed by atoms with Crippen molar-refractivity contribution in [1.29, 1.82) is 0 Å². The van der Waals surface area contributed by atoms with Crippen LogP contribution in [0.2, 0.25) is 0 Å². The Bertz CT molecular complexity index is 1070. The van der Waals surface area contributed by atoms with Crippen molar-refractivity contribution in [2.45, 2.75) is 19.9 Å². The fourth-order valence-electron chi connectivity index (χ4n) is 3.22. The van der Waals surface area contributed by atoms with Crippen molar-refractivity contribution in [3.8, 4) is 10.6 Å². The normalized spacial score (nSPS) is 13.1. The Labute approximate surface area is 171 Å². The number of nitrogens with zero attached hydrogens (tertiary/aromatic N) is 2. The second kappa shape index (κ2) is 7.69. The van der Waals surface area contributed by atoms with Gasteiger partial charge in [-0.15, -0.1) is 22.7 Å². The van der Waals surface area contributed by atoms with E-state index < -0.39 is 0 Å². The first-order valence-corrected chi connectivity index (χ1v) is 10.6. The molecular weight excluding hydrogens is 390 g/mol. The number of rotatable bonds is 4. The molecule has 1 aliphatic heterocycles. The predicted octanol–water partition coefficient (Wildman–Crippen LogP) is 4.50. The Balaban J connectivity index is 1.52. The summed E-state index contributed by atoms with van der Waals surface area (Å²) >= 11 is 3.42. The van der Waals surface area contributed by atoms with Crippen LogP contribution in [0.1, 0.15) is 25.8 Å². The summed E-state index contributed by atoms with van der Waals surface area (Å²) in [6.45, 7) is 6.73. The van der Waals surface area contributed by atoms with Crippen molar-refractivity contribution in [1.82, 2.24) is 9.88 Å². The van der Waals surface area contributed by atoms with Crippen LogP contribution in [0.15, 0.2) is 48.4 Å². The monoisotopic (exact) mass is 409 g/mol. The van der Waals surface area contributed by atoms with E-state index in [1.807, 2.05) is 11.8 Å². The molecule has 0 unspecified atom stereocenters. The second-order valence-corrected chi connectivity index (χ2v) is 8.76. The van der Waals surface area contributed by atoms with Gasteiger partial charge in [0.2, 0.25) is 5.91 Å². The first-order chi connectivity index (χ1) is 13.5. The number of hydrogen-bond donors (Lipinski definition) is 1. The van der Waals surface area contributed by atoms with Crippen LogP contribution in [-0.2, 0) is 17.8 Å². The molecule has 0 radical (unpaired) electrons. The lowest BCUT2D eigenvalue weighted by atomic mass is 10.1. The van der Waals surface area contributed by atoms with E-state index in [1.54, 1.807) is 46.9 Å². The van der Waals surface area contributed by atoms with Crippen LogP contribution in [-0.4, -0.2) is 28.2 Å². The summed E-state index contributed by atoms with van der Waals surface area (Å²) in [7, 11) is 0. The van der Waals surface area contributed by atoms with Gasteiger partial charge < -0.3 is 10.2 Å². The van der Waals surface area contributed by atoms with Crippen molar-refractivity contribution in [2.24, 2.45) is 0 Å². The van der Waals surface area contributed by atoms with E-state index in [4.69, 9.17) is 0 Å². The molecule has 0 saturated carbocycles. The minimum Gasteiger partial charge on any atom is -0.334 e. The number of nitrogens with one attached hydrogen (secondary N) is 1. The number of fused-ring (bicyclic) bond motifs is 1. The number of amides is 2. The van der Waals surface area contributed by atoms with Gasteiger partial charge in [0.15, 0.2) is 0 Å². The summed E-state index contributed by atoms with van der Waals surface area (Å²) in [5.41, 5.74) is 3.37. The van der Waals surface area contributed by atoms with Gasteiger partial charge in [0, 0.05) is 34.6 Å². The Hall–Kier alpha value is -2.77. The molecule has 0 spiro atoms. The van der Waals surface area contributed by atoms with Crippen molar-refractivity contribution in [3.63, 3.8) is 0 Å². The van der Waals surface area contributed by atoms with Crippen molar-refractivity contribution < 1.29 is 9.59 Å². The third-order valence-electron chi connectivity index (χ3n) is 4.59. The molecule has 0 saturated heterocycles. The van der Waals surface area contributed by atoms with Gasteiger partial charge in [-0.3, -0.25) is 9.59 Å². The fourth-order valence-corrected chi connectivity index (χ4v) is 5.03. The lowest BCUT2D eigenvalue weighted by Gasteiger charge is -2.27. The maximum Gasteiger partial charge on any atom is 0.254 e. The van der Waals surface area contributed by atoms with Crippen molar-refractivity contribution >= 4 is 40.2 Å². The van der Waals surface area contributed by atoms with Crippen LogP contribution >= 0.6 is 22.7 Å². The zero-order chi connectivity index (χ0) is 19.7. The van der Waals surface area contributed by atoms with Gasteiger partial charge in [0.25, 0.3) is 5.91 Å². The maximum atomic E-state index is 13.0. The molecular formula is C21H19N3O2S2. The Morgan fingerprint density at radius 1 is 1.32 bits per heavy atom. The minimum atomic E-state index is -0.296. The van der Waals surface area contributed by atoms with Gasteiger partial charge in [-0.05, 0) is 49.2 Å². The van der Waals surface area contributed by atoms with Gasteiger partial charge in [-0.25, -0.2) is 4.98 Å². The minimum absolute atomic E-state index is 0.0300. The third-order valence-corrected chi connectivity index (χ3v) is 6.62. The summed E-state index contributed by atoms with van der Waals surface area (Å²) in [6.07, 6.45) is 2.06. The average molecular weight is 410 g/mol. The van der Waals surface area contributed by atoms with Crippen LogP contribution in [0, 0.1) is 6.92 Å². The first kappa shape index (κ1) is 18.6. The Kier molecular flexibility index (Phi) is 5.11. The molecule has 2 aromatic heterocycles. The number of carbonyl (C=O) groups is 2. The zero-order valence-electron chi connectivity index (χ0n) is 15.4. The molecule has 3 heterocycles. The maximum absolute atomic E-state index is 13.0. The van der Waals surface area contributed by atoms with Crippen LogP contribution in [0.5, 0.6) is 0 Å². The Morgan fingerprint density at radius 3 is 2.93 bits per heavy atom. The van der Waals surface area contributed by atoms with Gasteiger partial charge in [-0.2, -0.15) is 0 Å². The molecule has 28 heavy (non-hydrogen) atoms. The van der Waals surface area contributed by atoms with E-state index in [0.717, 1.165) is 22.0 Å². The van der Waals surface area contributed by atoms with Crippen LogP contribution in [0.3, 0.4) is 0 Å². The standard InChI is InChI=1S/C21H19N3O2S2/c1-3-20(25)23-16-6-4-5-14(9-16)21(26)24-8-7-18-15(11-24)10-19(28-18)17-12-27-13(2)22-17/h3-6,9-10,12H,1,7-8,11H2,2H3,(H,23,25). The molecule has 0 fully saturated rings. The quantitative estimate of drug-likeness (QED) is 0.645. The number of benzene rings is 1. The molecule has 2 amide bonds. The van der Waals surface area contributed by atoms with Crippen LogP contribution < -0.4 is 5.32 Å². The van der Waals surface area contributed by atoms with Crippen LogP contribution in [0.4, 0.5) is 5.69 Å². The number of thiazole rings is 1. The lowest BCUT2D eigenvalue weighted by molar-refractivity contribution is -0.111. The highest BCUT2D eigenvalue weighted by molar-refractivity contribution is 7.16. The van der Waals surface area contributed by atoms with E-state index in [9.17, 15) is 9.59 Å². The molecule has 7 heteroatoms. The molecule has 142 valence electrons. The summed E-state index contributed by atoms with van der Waals surface area (Å²) in [5.74, 6) is -0.326. The van der Waals surface area contributed by atoms with E-state index in [-0.39, 0.29) is 11.8 Å². The molecule has 1 aromatic carbocycles. The molecule has 5 nitrogen and oxygen atoms in total. The zero-order valence-corrected chi connectivity index (χ0v) is 17.0. The largest absolute Gasteiger partial charge is 0.334 e.